The van der Waals surface area contributed by atoms with Crippen LogP contribution in [-0.4, -0.2) is 33.5 Å². The highest BCUT2D eigenvalue weighted by molar-refractivity contribution is 5.79. The van der Waals surface area contributed by atoms with Crippen LogP contribution in [0.1, 0.15) is 38.2 Å². The normalized spacial score (nSPS) is 25.0. The molecule has 2 N–H and O–H groups in total. The number of alkyl halides is 3. The maximum absolute atomic E-state index is 13.1. The van der Waals surface area contributed by atoms with E-state index in [1.807, 2.05) is 0 Å². The van der Waals surface area contributed by atoms with Crippen LogP contribution in [0.2, 0.25) is 0 Å². The van der Waals surface area contributed by atoms with Gasteiger partial charge in [-0.05, 0) is 19.8 Å². The molecule has 130 valence electrons. The maximum Gasteiger partial charge on any atom is 0.392 e. The zero-order chi connectivity index (χ0) is 17.3. The van der Waals surface area contributed by atoms with Crippen molar-refractivity contribution in [2.75, 3.05) is 6.54 Å². The molecule has 1 aliphatic carbocycles. The van der Waals surface area contributed by atoms with Crippen LogP contribution in [0.15, 0.2) is 12.4 Å². The van der Waals surface area contributed by atoms with Gasteiger partial charge in [0.05, 0.1) is 18.7 Å². The second kappa shape index (κ2) is 6.51. The van der Waals surface area contributed by atoms with Crippen molar-refractivity contribution in [1.82, 2.24) is 15.1 Å². The minimum Gasteiger partial charge on any atom is -0.383 e. The molecule has 2 rings (SSSR count). The first-order chi connectivity index (χ1) is 10.6. The Labute approximate surface area is 132 Å². The summed E-state index contributed by atoms with van der Waals surface area (Å²) in [7, 11) is 1.69. The molecule has 5 nitrogen and oxygen atoms in total. The molecule has 0 aliphatic heterocycles. The van der Waals surface area contributed by atoms with Gasteiger partial charge in [-0.3, -0.25) is 9.48 Å². The number of carbonyl (C=O) groups is 1. The second-order valence-electron chi connectivity index (χ2n) is 6.43. The molecule has 0 aromatic carbocycles. The topological polar surface area (TPSA) is 67.2 Å². The number of halogens is 3. The number of hydrogen-bond donors (Lipinski definition) is 2. The van der Waals surface area contributed by atoms with Crippen LogP contribution in [-0.2, 0) is 17.4 Å². The number of aryl methyl sites for hydroxylation is 1. The molecule has 1 aliphatic rings. The van der Waals surface area contributed by atoms with Crippen molar-refractivity contribution in [1.29, 1.82) is 0 Å². The van der Waals surface area contributed by atoms with E-state index >= 15 is 0 Å². The van der Waals surface area contributed by atoms with Crippen LogP contribution in [0.4, 0.5) is 13.2 Å². The third-order valence-electron chi connectivity index (χ3n) is 4.46. The fraction of sp³-hybridized carbons (Fsp3) is 0.733. The summed E-state index contributed by atoms with van der Waals surface area (Å²) in [6.07, 6.45) is 0.0154. The van der Waals surface area contributed by atoms with Crippen LogP contribution in [0.25, 0.3) is 0 Å². The summed E-state index contributed by atoms with van der Waals surface area (Å²) in [4.78, 5) is 12.2. The van der Waals surface area contributed by atoms with Crippen LogP contribution in [0.5, 0.6) is 0 Å². The quantitative estimate of drug-likeness (QED) is 0.887. The molecule has 1 aromatic heterocycles. The number of rotatable bonds is 4. The molecule has 0 bridgehead atoms. The van der Waals surface area contributed by atoms with Crippen molar-refractivity contribution in [3.63, 3.8) is 0 Å². The van der Waals surface area contributed by atoms with Crippen molar-refractivity contribution in [3.8, 4) is 0 Å². The molecule has 0 radical (unpaired) electrons. The summed E-state index contributed by atoms with van der Waals surface area (Å²) in [5.74, 6) is -3.32. The van der Waals surface area contributed by atoms with Crippen LogP contribution < -0.4 is 5.32 Å². The fourth-order valence-corrected chi connectivity index (χ4v) is 3.03. The summed E-state index contributed by atoms with van der Waals surface area (Å²) in [5, 5.41) is 16.8. The van der Waals surface area contributed by atoms with E-state index in [4.69, 9.17) is 0 Å². The summed E-state index contributed by atoms with van der Waals surface area (Å²) in [6, 6.07) is 0. The Morgan fingerprint density at radius 2 is 2.09 bits per heavy atom. The first kappa shape index (κ1) is 17.8. The lowest BCUT2D eigenvalue weighted by Gasteiger charge is -2.33. The van der Waals surface area contributed by atoms with Crippen LogP contribution in [0, 0.1) is 11.8 Å². The first-order valence-electron chi connectivity index (χ1n) is 7.67. The second-order valence-corrected chi connectivity index (χ2v) is 6.43. The third kappa shape index (κ3) is 4.25. The van der Waals surface area contributed by atoms with Gasteiger partial charge in [0.2, 0.25) is 5.91 Å². The summed E-state index contributed by atoms with van der Waals surface area (Å²) in [6.45, 7) is 1.34. The van der Waals surface area contributed by atoms with Gasteiger partial charge >= 0.3 is 6.18 Å². The van der Waals surface area contributed by atoms with Gasteiger partial charge in [0.15, 0.2) is 0 Å². The molecule has 1 fully saturated rings. The van der Waals surface area contributed by atoms with Crippen molar-refractivity contribution in [2.45, 2.75) is 44.4 Å². The highest BCUT2D eigenvalue weighted by atomic mass is 19.4. The third-order valence-corrected chi connectivity index (χ3v) is 4.46. The van der Waals surface area contributed by atoms with E-state index in [0.717, 1.165) is 0 Å². The van der Waals surface area contributed by atoms with Crippen molar-refractivity contribution in [3.05, 3.63) is 18.0 Å². The summed E-state index contributed by atoms with van der Waals surface area (Å²) in [5.41, 5.74) is -0.886. The zero-order valence-corrected chi connectivity index (χ0v) is 13.2. The molecule has 1 amide bonds. The number of carbonyl (C=O) groups excluding carboxylic acids is 1. The highest BCUT2D eigenvalue weighted by Gasteiger charge is 2.48. The molecule has 0 spiro atoms. The monoisotopic (exact) mass is 333 g/mol. The average Bonchev–Trinajstić information content (AvgIpc) is 2.91. The summed E-state index contributed by atoms with van der Waals surface area (Å²) < 4.78 is 40.7. The Kier molecular flexibility index (Phi) is 5.03. The predicted molar refractivity (Wildman–Crippen MR) is 77.3 cm³/mol. The lowest BCUT2D eigenvalue weighted by molar-refractivity contribution is -0.198. The van der Waals surface area contributed by atoms with Gasteiger partial charge in [-0.1, -0.05) is 12.8 Å². The Morgan fingerprint density at radius 3 is 2.65 bits per heavy atom. The van der Waals surface area contributed by atoms with E-state index in [0.29, 0.717) is 18.4 Å². The van der Waals surface area contributed by atoms with Crippen LogP contribution >= 0.6 is 0 Å². The Hall–Kier alpha value is -1.57. The van der Waals surface area contributed by atoms with E-state index in [-0.39, 0.29) is 19.4 Å². The maximum atomic E-state index is 13.1. The molecule has 0 saturated heterocycles. The molecule has 3 unspecified atom stereocenters. The molecule has 8 heteroatoms. The Balaban J connectivity index is 2.00. The van der Waals surface area contributed by atoms with Gasteiger partial charge < -0.3 is 10.4 Å². The molecular weight excluding hydrogens is 311 g/mol. The number of hydrogen-bond acceptors (Lipinski definition) is 3. The minimum absolute atomic E-state index is 0.0133. The van der Waals surface area contributed by atoms with Gasteiger partial charge in [-0.2, -0.15) is 18.3 Å². The SMILES string of the molecule is Cn1cc(C(C)(O)CNC(=O)C2CCCCC2C(F)(F)F)cn1. The number of aromatic nitrogens is 2. The van der Waals surface area contributed by atoms with Crippen molar-refractivity contribution < 1.29 is 23.1 Å². The standard InChI is InChI=1S/C15H22F3N3O2/c1-14(23,10-7-20-21(2)8-10)9-19-13(22)11-5-3-4-6-12(11)15(16,17)18/h7-8,11-12,23H,3-6,9H2,1-2H3,(H,19,22). The lowest BCUT2D eigenvalue weighted by Crippen LogP contribution is -2.46. The molecule has 1 saturated carbocycles. The smallest absolute Gasteiger partial charge is 0.383 e. The van der Waals surface area contributed by atoms with Crippen molar-refractivity contribution >= 4 is 5.91 Å². The van der Waals surface area contributed by atoms with Gasteiger partial charge in [0.1, 0.15) is 5.60 Å². The zero-order valence-electron chi connectivity index (χ0n) is 13.2. The van der Waals surface area contributed by atoms with E-state index in [2.05, 4.69) is 10.4 Å². The van der Waals surface area contributed by atoms with Crippen molar-refractivity contribution in [2.24, 2.45) is 18.9 Å². The highest BCUT2D eigenvalue weighted by Crippen LogP contribution is 2.41. The average molecular weight is 333 g/mol. The Morgan fingerprint density at radius 1 is 1.43 bits per heavy atom. The van der Waals surface area contributed by atoms with Gasteiger partial charge in [0.25, 0.3) is 0 Å². The van der Waals surface area contributed by atoms with Gasteiger partial charge in [-0.15, -0.1) is 0 Å². The largest absolute Gasteiger partial charge is 0.392 e. The van der Waals surface area contributed by atoms with Gasteiger partial charge in [0, 0.05) is 24.7 Å². The molecule has 3 atom stereocenters. The molecule has 23 heavy (non-hydrogen) atoms. The molecule has 1 aromatic rings. The van der Waals surface area contributed by atoms with E-state index in [1.54, 1.807) is 13.2 Å². The number of nitrogens with one attached hydrogen (secondary N) is 1. The fourth-order valence-electron chi connectivity index (χ4n) is 3.03. The Bertz CT molecular complexity index is 554. The summed E-state index contributed by atoms with van der Waals surface area (Å²) >= 11 is 0. The molecular formula is C15H22F3N3O2. The first-order valence-corrected chi connectivity index (χ1v) is 7.67. The minimum atomic E-state index is -4.37. The number of nitrogens with zero attached hydrogens (tertiary/aromatic N) is 2. The lowest BCUT2D eigenvalue weighted by atomic mass is 9.78. The predicted octanol–water partition coefficient (Wildman–Crippen LogP) is 2.11. The van der Waals surface area contributed by atoms with E-state index in [1.165, 1.54) is 17.8 Å². The molecule has 1 heterocycles. The number of aliphatic hydroxyl groups is 1. The van der Waals surface area contributed by atoms with E-state index in [9.17, 15) is 23.1 Å². The van der Waals surface area contributed by atoms with Gasteiger partial charge in [-0.25, -0.2) is 0 Å². The van der Waals surface area contributed by atoms with Crippen LogP contribution in [0.3, 0.4) is 0 Å². The number of amides is 1. The van der Waals surface area contributed by atoms with E-state index < -0.39 is 29.5 Å².